The van der Waals surface area contributed by atoms with Crippen molar-refractivity contribution >= 4 is 27.7 Å². The molecule has 1 saturated heterocycles. The lowest BCUT2D eigenvalue weighted by Gasteiger charge is -2.34. The van der Waals surface area contributed by atoms with Gasteiger partial charge in [0.25, 0.3) is 11.8 Å². The van der Waals surface area contributed by atoms with Crippen LogP contribution in [0.3, 0.4) is 0 Å². The molecule has 1 aromatic heterocycles. The molecule has 0 radical (unpaired) electrons. The summed E-state index contributed by atoms with van der Waals surface area (Å²) in [5.74, 6) is -0.458. The van der Waals surface area contributed by atoms with Gasteiger partial charge in [0, 0.05) is 30.7 Å². The number of hydrogen-bond donors (Lipinski definition) is 0. The molecule has 0 unspecified atom stereocenters. The van der Waals surface area contributed by atoms with E-state index < -0.39 is 5.82 Å². The third-order valence-corrected chi connectivity index (χ3v) is 4.40. The lowest BCUT2D eigenvalue weighted by molar-refractivity contribution is 0.0517. The highest BCUT2D eigenvalue weighted by molar-refractivity contribution is 9.10. The lowest BCUT2D eigenvalue weighted by Crippen LogP contribution is -2.50. The number of furan rings is 1. The van der Waals surface area contributed by atoms with E-state index in [9.17, 15) is 14.0 Å². The van der Waals surface area contributed by atoms with Gasteiger partial charge in [0.1, 0.15) is 5.82 Å². The molecule has 0 saturated carbocycles. The zero-order chi connectivity index (χ0) is 16.4. The highest BCUT2D eigenvalue weighted by atomic mass is 79.9. The highest BCUT2D eigenvalue weighted by Crippen LogP contribution is 2.20. The van der Waals surface area contributed by atoms with Gasteiger partial charge in [-0.3, -0.25) is 9.59 Å². The van der Waals surface area contributed by atoms with Crippen molar-refractivity contribution in [3.05, 3.63) is 58.2 Å². The number of carbonyl (C=O) groups is 2. The van der Waals surface area contributed by atoms with Gasteiger partial charge in [-0.25, -0.2) is 4.39 Å². The molecule has 3 rings (SSSR count). The molecule has 1 aliphatic heterocycles. The Balaban J connectivity index is 1.64. The Morgan fingerprint density at radius 3 is 2.26 bits per heavy atom. The number of halogens is 2. The van der Waals surface area contributed by atoms with Crippen LogP contribution < -0.4 is 0 Å². The second-order valence-corrected chi connectivity index (χ2v) is 6.04. The molecule has 2 amide bonds. The molecule has 0 N–H and O–H groups in total. The molecule has 120 valence electrons. The largest absolute Gasteiger partial charge is 0.459 e. The van der Waals surface area contributed by atoms with Crippen molar-refractivity contribution in [1.29, 1.82) is 0 Å². The number of hydrogen-bond acceptors (Lipinski definition) is 3. The molecule has 0 atom stereocenters. The van der Waals surface area contributed by atoms with Crippen LogP contribution in [0.15, 0.2) is 45.5 Å². The van der Waals surface area contributed by atoms with E-state index in [1.807, 2.05) is 0 Å². The number of carbonyl (C=O) groups excluding carboxylic acids is 2. The third kappa shape index (κ3) is 3.29. The van der Waals surface area contributed by atoms with Gasteiger partial charge in [0.15, 0.2) is 5.76 Å². The third-order valence-electron chi connectivity index (χ3n) is 3.75. The van der Waals surface area contributed by atoms with Gasteiger partial charge in [-0.2, -0.15) is 0 Å². The van der Waals surface area contributed by atoms with Crippen LogP contribution in [0, 0.1) is 5.82 Å². The Labute approximate surface area is 140 Å². The summed E-state index contributed by atoms with van der Waals surface area (Å²) in [5, 5.41) is 0. The van der Waals surface area contributed by atoms with Crippen molar-refractivity contribution in [3.8, 4) is 0 Å². The van der Waals surface area contributed by atoms with Crippen LogP contribution in [0.4, 0.5) is 4.39 Å². The maximum atomic E-state index is 13.1. The fraction of sp³-hybridized carbons (Fsp3) is 0.250. The second kappa shape index (κ2) is 6.54. The maximum Gasteiger partial charge on any atom is 0.289 e. The molecule has 0 bridgehead atoms. The van der Waals surface area contributed by atoms with Crippen LogP contribution in [0.1, 0.15) is 20.9 Å². The summed E-state index contributed by atoms with van der Waals surface area (Å²) < 4.78 is 18.7. The van der Waals surface area contributed by atoms with Gasteiger partial charge in [0.05, 0.1) is 11.8 Å². The van der Waals surface area contributed by atoms with E-state index in [0.717, 1.165) is 0 Å². The summed E-state index contributed by atoms with van der Waals surface area (Å²) in [7, 11) is 0. The minimum atomic E-state index is -0.401. The summed E-state index contributed by atoms with van der Waals surface area (Å²) in [4.78, 5) is 28.0. The van der Waals surface area contributed by atoms with Gasteiger partial charge in [-0.15, -0.1) is 0 Å². The molecular formula is C16H14BrFN2O3. The van der Waals surface area contributed by atoms with E-state index in [2.05, 4.69) is 15.9 Å². The normalized spacial score (nSPS) is 14.9. The van der Waals surface area contributed by atoms with Crippen molar-refractivity contribution in [3.63, 3.8) is 0 Å². The van der Waals surface area contributed by atoms with E-state index in [1.165, 1.54) is 24.5 Å². The van der Waals surface area contributed by atoms with Crippen LogP contribution >= 0.6 is 15.9 Å². The average molecular weight is 381 g/mol. The van der Waals surface area contributed by atoms with Gasteiger partial charge >= 0.3 is 0 Å². The Morgan fingerprint density at radius 1 is 1.04 bits per heavy atom. The summed E-state index contributed by atoms with van der Waals surface area (Å²) in [5.41, 5.74) is 0.414. The van der Waals surface area contributed by atoms with E-state index in [-0.39, 0.29) is 11.8 Å². The zero-order valence-electron chi connectivity index (χ0n) is 12.2. The van der Waals surface area contributed by atoms with Crippen LogP contribution in [0.2, 0.25) is 0 Å². The van der Waals surface area contributed by atoms with Crippen molar-refractivity contribution < 1.29 is 18.4 Å². The molecule has 2 aromatic rings. The summed E-state index contributed by atoms with van der Waals surface area (Å²) in [6, 6.07) is 7.27. The van der Waals surface area contributed by atoms with Gasteiger partial charge in [-0.1, -0.05) is 0 Å². The van der Waals surface area contributed by atoms with Crippen LogP contribution in [0.5, 0.6) is 0 Å². The van der Waals surface area contributed by atoms with Crippen LogP contribution in [-0.2, 0) is 0 Å². The van der Waals surface area contributed by atoms with Crippen molar-refractivity contribution in [2.24, 2.45) is 0 Å². The SMILES string of the molecule is O=C(c1ccco1)N1CCN(C(=O)c2ccc(F)cc2Br)CC1. The number of nitrogens with zero attached hydrogens (tertiary/aromatic N) is 2. The topological polar surface area (TPSA) is 53.8 Å². The molecule has 1 aromatic carbocycles. The first-order valence-corrected chi connectivity index (χ1v) is 7.92. The first kappa shape index (κ1) is 15.7. The molecular weight excluding hydrogens is 367 g/mol. The maximum absolute atomic E-state index is 13.1. The number of rotatable bonds is 2. The monoisotopic (exact) mass is 380 g/mol. The van der Waals surface area contributed by atoms with Crippen molar-refractivity contribution in [1.82, 2.24) is 9.80 Å². The van der Waals surface area contributed by atoms with E-state index in [4.69, 9.17) is 4.42 Å². The molecule has 7 heteroatoms. The Bertz CT molecular complexity index is 725. The number of piperazine rings is 1. The van der Waals surface area contributed by atoms with Gasteiger partial charge in [0.2, 0.25) is 0 Å². The standard InChI is InChI=1S/C16H14BrFN2O3/c17-13-10-11(18)3-4-12(13)15(21)19-5-7-20(8-6-19)16(22)14-2-1-9-23-14/h1-4,9-10H,5-8H2. The van der Waals surface area contributed by atoms with Crippen molar-refractivity contribution in [2.75, 3.05) is 26.2 Å². The Hall–Kier alpha value is -2.15. The van der Waals surface area contributed by atoms with Crippen LogP contribution in [0.25, 0.3) is 0 Å². The first-order valence-electron chi connectivity index (χ1n) is 7.13. The first-order chi connectivity index (χ1) is 11.1. The second-order valence-electron chi connectivity index (χ2n) is 5.19. The fourth-order valence-electron chi connectivity index (χ4n) is 2.50. The van der Waals surface area contributed by atoms with Crippen molar-refractivity contribution in [2.45, 2.75) is 0 Å². The highest BCUT2D eigenvalue weighted by Gasteiger charge is 2.27. The minimum absolute atomic E-state index is 0.176. The van der Waals surface area contributed by atoms with Crippen LogP contribution in [-0.4, -0.2) is 47.8 Å². The number of amides is 2. The van der Waals surface area contributed by atoms with Gasteiger partial charge < -0.3 is 14.2 Å². The van der Waals surface area contributed by atoms with E-state index in [0.29, 0.717) is 42.0 Å². The predicted octanol–water partition coefficient (Wildman–Crippen LogP) is 2.78. The fourth-order valence-corrected chi connectivity index (χ4v) is 3.02. The Morgan fingerprint density at radius 2 is 1.70 bits per heavy atom. The quantitative estimate of drug-likeness (QED) is 0.804. The molecule has 1 fully saturated rings. The lowest BCUT2D eigenvalue weighted by atomic mass is 10.1. The smallest absolute Gasteiger partial charge is 0.289 e. The van der Waals surface area contributed by atoms with E-state index >= 15 is 0 Å². The molecule has 0 aliphatic carbocycles. The van der Waals surface area contributed by atoms with E-state index in [1.54, 1.807) is 21.9 Å². The minimum Gasteiger partial charge on any atom is -0.459 e. The summed E-state index contributed by atoms with van der Waals surface area (Å²) >= 11 is 3.21. The Kier molecular flexibility index (Phi) is 4.47. The molecule has 5 nitrogen and oxygen atoms in total. The molecule has 1 aliphatic rings. The summed E-state index contributed by atoms with van der Waals surface area (Å²) in [6.45, 7) is 1.72. The van der Waals surface area contributed by atoms with Gasteiger partial charge in [-0.05, 0) is 46.3 Å². The average Bonchev–Trinajstić information content (AvgIpc) is 3.08. The molecule has 0 spiro atoms. The predicted molar refractivity (Wildman–Crippen MR) is 84.6 cm³/mol. The number of benzene rings is 1. The molecule has 2 heterocycles. The molecule has 23 heavy (non-hydrogen) atoms. The summed E-state index contributed by atoms with van der Waals surface area (Å²) in [6.07, 6.45) is 1.46. The zero-order valence-corrected chi connectivity index (χ0v) is 13.8.